The summed E-state index contributed by atoms with van der Waals surface area (Å²) in [5.74, 6) is -0.742. The molecule has 0 atom stereocenters. The predicted octanol–water partition coefficient (Wildman–Crippen LogP) is 3.98. The molecule has 6 nitrogen and oxygen atoms in total. The van der Waals surface area contributed by atoms with E-state index in [0.29, 0.717) is 28.3 Å². The van der Waals surface area contributed by atoms with Gasteiger partial charge in [0, 0.05) is 11.1 Å². The minimum absolute atomic E-state index is 0.0375. The third-order valence-corrected chi connectivity index (χ3v) is 3.92. The van der Waals surface area contributed by atoms with Crippen molar-refractivity contribution >= 4 is 17.8 Å². The number of benzene rings is 1. The zero-order valence-electron chi connectivity index (χ0n) is 14.5. The normalized spacial score (nSPS) is 15.5. The lowest BCUT2D eigenvalue weighted by atomic mass is 10.0. The van der Waals surface area contributed by atoms with Gasteiger partial charge in [0.1, 0.15) is 28.5 Å². The molecule has 0 amide bonds. The predicted molar refractivity (Wildman–Crippen MR) is 94.0 cm³/mol. The Hall–Kier alpha value is -3.22. The Balaban J connectivity index is 2.05. The first-order chi connectivity index (χ1) is 12.4. The first kappa shape index (κ1) is 17.6. The molecule has 1 aromatic heterocycles. The minimum atomic E-state index is -0.629. The molecule has 1 N–H and O–H groups in total. The van der Waals surface area contributed by atoms with Crippen LogP contribution in [0.4, 0.5) is 4.39 Å². The summed E-state index contributed by atoms with van der Waals surface area (Å²) in [5.41, 5.74) is 2.34. The highest BCUT2D eigenvalue weighted by atomic mass is 19.1. The largest absolute Gasteiger partial charge is 0.505 e. The fourth-order valence-electron chi connectivity index (χ4n) is 2.64. The van der Waals surface area contributed by atoms with Crippen molar-refractivity contribution in [3.8, 4) is 11.3 Å². The summed E-state index contributed by atoms with van der Waals surface area (Å²) in [6.07, 6.45) is 1.58. The number of aliphatic hydroxyl groups excluding tert-OH is 1. The molecule has 0 bridgehead atoms. The van der Waals surface area contributed by atoms with Crippen molar-refractivity contribution in [1.82, 2.24) is 5.16 Å². The standard InChI is InChI=1S/C19H17FN2O4/c1-4-25-19(24)16-10(2)21-15(18(16)23)9-14-11(3)26-22-17(14)12-5-7-13(20)8-6-12/h5-9,23H,4H2,1-3H3/b15-9+. The lowest BCUT2D eigenvalue weighted by Gasteiger charge is -2.03. The topological polar surface area (TPSA) is 84.9 Å². The van der Waals surface area contributed by atoms with Crippen molar-refractivity contribution in [3.63, 3.8) is 0 Å². The van der Waals surface area contributed by atoms with Gasteiger partial charge < -0.3 is 14.4 Å². The third kappa shape index (κ3) is 3.15. The van der Waals surface area contributed by atoms with Crippen LogP contribution >= 0.6 is 0 Å². The van der Waals surface area contributed by atoms with Gasteiger partial charge in [0.25, 0.3) is 0 Å². The molecule has 3 rings (SSSR count). The Morgan fingerprint density at radius 3 is 2.65 bits per heavy atom. The summed E-state index contributed by atoms with van der Waals surface area (Å²) in [4.78, 5) is 16.2. The van der Waals surface area contributed by atoms with Crippen molar-refractivity contribution in [3.05, 3.63) is 58.4 Å². The van der Waals surface area contributed by atoms with Crippen molar-refractivity contribution < 1.29 is 23.6 Å². The smallest absolute Gasteiger partial charge is 0.343 e. The van der Waals surface area contributed by atoms with Gasteiger partial charge in [-0.3, -0.25) is 0 Å². The molecule has 2 heterocycles. The summed E-state index contributed by atoms with van der Waals surface area (Å²) in [5, 5.41) is 14.4. The molecule has 2 aromatic rings. The second-order valence-corrected chi connectivity index (χ2v) is 5.68. The highest BCUT2D eigenvalue weighted by molar-refractivity contribution is 6.22. The lowest BCUT2D eigenvalue weighted by Crippen LogP contribution is -2.13. The van der Waals surface area contributed by atoms with Gasteiger partial charge in [0.05, 0.1) is 12.3 Å². The van der Waals surface area contributed by atoms with Crippen LogP contribution in [0.1, 0.15) is 25.2 Å². The van der Waals surface area contributed by atoms with Gasteiger partial charge in [-0.15, -0.1) is 0 Å². The van der Waals surface area contributed by atoms with E-state index in [1.165, 1.54) is 12.1 Å². The van der Waals surface area contributed by atoms with Gasteiger partial charge in [-0.25, -0.2) is 14.2 Å². The number of aliphatic imine (C=N–C) groups is 1. The second kappa shape index (κ2) is 6.95. The molecule has 0 radical (unpaired) electrons. The Bertz CT molecular complexity index is 952. The average molecular weight is 356 g/mol. The van der Waals surface area contributed by atoms with E-state index < -0.39 is 5.97 Å². The first-order valence-electron chi connectivity index (χ1n) is 8.02. The summed E-state index contributed by atoms with van der Waals surface area (Å²) in [6, 6.07) is 5.81. The van der Waals surface area contributed by atoms with Crippen molar-refractivity contribution in [1.29, 1.82) is 0 Å². The molecule has 0 saturated heterocycles. The van der Waals surface area contributed by atoms with Gasteiger partial charge in [0.2, 0.25) is 0 Å². The Morgan fingerprint density at radius 1 is 1.31 bits per heavy atom. The Labute approximate surface area is 149 Å². The van der Waals surface area contributed by atoms with E-state index in [0.717, 1.165) is 0 Å². The van der Waals surface area contributed by atoms with Gasteiger partial charge in [-0.2, -0.15) is 0 Å². The van der Waals surface area contributed by atoms with E-state index >= 15 is 0 Å². The van der Waals surface area contributed by atoms with E-state index in [9.17, 15) is 14.3 Å². The molecule has 0 spiro atoms. The fraction of sp³-hybridized carbons (Fsp3) is 0.211. The van der Waals surface area contributed by atoms with Crippen molar-refractivity contribution in [2.24, 2.45) is 4.99 Å². The van der Waals surface area contributed by atoms with E-state index in [4.69, 9.17) is 9.26 Å². The van der Waals surface area contributed by atoms with Crippen LogP contribution in [-0.4, -0.2) is 28.6 Å². The number of aryl methyl sites for hydroxylation is 1. The molecule has 0 aliphatic carbocycles. The number of carbonyl (C=O) groups is 1. The van der Waals surface area contributed by atoms with E-state index in [1.54, 1.807) is 39.0 Å². The van der Waals surface area contributed by atoms with Gasteiger partial charge >= 0.3 is 5.97 Å². The maximum absolute atomic E-state index is 13.2. The number of aromatic nitrogens is 1. The monoisotopic (exact) mass is 356 g/mol. The molecule has 134 valence electrons. The van der Waals surface area contributed by atoms with E-state index in [1.807, 2.05) is 0 Å². The molecule has 0 saturated carbocycles. The SMILES string of the molecule is CCOC(=O)C1=C(O)/C(=C\c2c(-c3ccc(F)cc3)noc2C)N=C1C. The van der Waals surface area contributed by atoms with Gasteiger partial charge in [-0.05, 0) is 51.1 Å². The molecule has 0 fully saturated rings. The van der Waals surface area contributed by atoms with E-state index in [2.05, 4.69) is 10.1 Å². The molecule has 1 aliphatic rings. The molecular weight excluding hydrogens is 339 g/mol. The maximum atomic E-state index is 13.2. The quantitative estimate of drug-likeness (QED) is 0.838. The van der Waals surface area contributed by atoms with Crippen LogP contribution in [0.15, 0.2) is 50.8 Å². The van der Waals surface area contributed by atoms with Gasteiger partial charge in [0.15, 0.2) is 5.76 Å². The number of halogens is 1. The Morgan fingerprint density at radius 2 is 2.00 bits per heavy atom. The zero-order valence-corrected chi connectivity index (χ0v) is 14.5. The van der Waals surface area contributed by atoms with Crippen LogP contribution in [0.3, 0.4) is 0 Å². The van der Waals surface area contributed by atoms with Crippen LogP contribution in [0.25, 0.3) is 17.3 Å². The van der Waals surface area contributed by atoms with Gasteiger partial charge in [-0.1, -0.05) is 5.16 Å². The van der Waals surface area contributed by atoms with Crippen LogP contribution in [0.5, 0.6) is 0 Å². The maximum Gasteiger partial charge on any atom is 0.343 e. The summed E-state index contributed by atoms with van der Waals surface area (Å²) in [6.45, 7) is 5.21. The minimum Gasteiger partial charge on any atom is -0.505 e. The molecule has 26 heavy (non-hydrogen) atoms. The number of hydrogen-bond acceptors (Lipinski definition) is 6. The fourth-order valence-corrected chi connectivity index (χ4v) is 2.64. The zero-order chi connectivity index (χ0) is 18.8. The summed E-state index contributed by atoms with van der Waals surface area (Å²) in [7, 11) is 0. The highest BCUT2D eigenvalue weighted by Crippen LogP contribution is 2.31. The van der Waals surface area contributed by atoms with Crippen LogP contribution in [0.2, 0.25) is 0 Å². The number of aliphatic hydroxyl groups is 1. The second-order valence-electron chi connectivity index (χ2n) is 5.68. The highest BCUT2D eigenvalue weighted by Gasteiger charge is 2.28. The molecule has 0 unspecified atom stereocenters. The third-order valence-electron chi connectivity index (χ3n) is 3.92. The number of carbonyl (C=O) groups excluding carboxylic acids is 1. The first-order valence-corrected chi connectivity index (χ1v) is 8.02. The summed E-state index contributed by atoms with van der Waals surface area (Å²) < 4.78 is 23.3. The lowest BCUT2D eigenvalue weighted by molar-refractivity contribution is -0.138. The van der Waals surface area contributed by atoms with Crippen molar-refractivity contribution in [2.45, 2.75) is 20.8 Å². The average Bonchev–Trinajstić information content (AvgIpc) is 3.09. The molecular formula is C19H17FN2O4. The number of esters is 1. The molecule has 1 aliphatic heterocycles. The van der Waals surface area contributed by atoms with E-state index in [-0.39, 0.29) is 29.5 Å². The number of hydrogen-bond donors (Lipinski definition) is 1. The number of rotatable bonds is 4. The van der Waals surface area contributed by atoms with Crippen LogP contribution < -0.4 is 0 Å². The molecule has 1 aromatic carbocycles. The number of nitrogens with zero attached hydrogens (tertiary/aromatic N) is 2. The van der Waals surface area contributed by atoms with Crippen LogP contribution in [0, 0.1) is 12.7 Å². The number of ether oxygens (including phenoxy) is 1. The van der Waals surface area contributed by atoms with Crippen molar-refractivity contribution in [2.75, 3.05) is 6.61 Å². The van der Waals surface area contributed by atoms with Crippen LogP contribution in [-0.2, 0) is 9.53 Å². The molecule has 7 heteroatoms. The Kier molecular flexibility index (Phi) is 4.71. The summed E-state index contributed by atoms with van der Waals surface area (Å²) >= 11 is 0.